The number of halogens is 2. The topological polar surface area (TPSA) is 12.0 Å². The summed E-state index contributed by atoms with van der Waals surface area (Å²) in [5.41, 5.74) is 1.40. The summed E-state index contributed by atoms with van der Waals surface area (Å²) < 4.78 is 27.1. The Labute approximate surface area is 94.9 Å². The maximum absolute atomic E-state index is 14.1. The van der Waals surface area contributed by atoms with E-state index in [1.807, 2.05) is 0 Å². The molecular formula is C13H17F2N. The fourth-order valence-corrected chi connectivity index (χ4v) is 2.23. The van der Waals surface area contributed by atoms with E-state index in [4.69, 9.17) is 0 Å². The van der Waals surface area contributed by atoms with Crippen LogP contribution in [0.3, 0.4) is 0 Å². The predicted molar refractivity (Wildman–Crippen MR) is 60.4 cm³/mol. The average Bonchev–Trinajstić information content (AvgIpc) is 2.28. The first-order valence-corrected chi connectivity index (χ1v) is 5.88. The van der Waals surface area contributed by atoms with Crippen LogP contribution in [-0.4, -0.2) is 6.04 Å². The van der Waals surface area contributed by atoms with Crippen LogP contribution >= 0.6 is 0 Å². The second-order valence-corrected chi connectivity index (χ2v) is 4.37. The number of alkyl halides is 1. The number of rotatable bonds is 3. The second-order valence-electron chi connectivity index (χ2n) is 4.37. The molecule has 1 aromatic carbocycles. The number of unbranched alkanes of at least 4 members (excludes halogenated alkanes) is 1. The highest BCUT2D eigenvalue weighted by Crippen LogP contribution is 2.31. The van der Waals surface area contributed by atoms with E-state index in [1.165, 1.54) is 12.1 Å². The summed E-state index contributed by atoms with van der Waals surface area (Å²) in [6.45, 7) is 2.67. The molecule has 1 heterocycles. The molecule has 0 unspecified atom stereocenters. The van der Waals surface area contributed by atoms with Gasteiger partial charge in [-0.15, -0.1) is 0 Å². The Kier molecular flexibility index (Phi) is 3.54. The van der Waals surface area contributed by atoms with Crippen LogP contribution in [0, 0.1) is 5.82 Å². The van der Waals surface area contributed by atoms with Gasteiger partial charge in [0.15, 0.2) is 0 Å². The molecule has 0 saturated carbocycles. The van der Waals surface area contributed by atoms with Gasteiger partial charge >= 0.3 is 0 Å². The van der Waals surface area contributed by atoms with Crippen LogP contribution in [0.5, 0.6) is 0 Å². The molecule has 0 bridgehead atoms. The second kappa shape index (κ2) is 4.91. The summed E-state index contributed by atoms with van der Waals surface area (Å²) in [6, 6.07) is 4.23. The minimum absolute atomic E-state index is 0.113. The number of fused-ring (bicyclic) bond motifs is 1. The summed E-state index contributed by atoms with van der Waals surface area (Å²) in [5, 5.41) is 3.15. The minimum atomic E-state index is -1.00. The fourth-order valence-electron chi connectivity index (χ4n) is 2.23. The van der Waals surface area contributed by atoms with Crippen LogP contribution in [0.4, 0.5) is 8.78 Å². The van der Waals surface area contributed by atoms with Crippen molar-refractivity contribution in [2.45, 2.75) is 44.9 Å². The largest absolute Gasteiger partial charge is 0.307 e. The van der Waals surface area contributed by atoms with Crippen molar-refractivity contribution in [1.82, 2.24) is 5.32 Å². The molecule has 0 aromatic heterocycles. The lowest BCUT2D eigenvalue weighted by Gasteiger charge is -2.29. The first kappa shape index (κ1) is 11.5. The Bertz CT molecular complexity index is 365. The number of hydrogen-bond acceptors (Lipinski definition) is 1. The smallest absolute Gasteiger partial charge is 0.141 e. The van der Waals surface area contributed by atoms with E-state index in [9.17, 15) is 8.78 Å². The summed E-state index contributed by atoms with van der Waals surface area (Å²) in [6.07, 6.45) is 1.93. The number of hydrogen-bond donors (Lipinski definition) is 1. The van der Waals surface area contributed by atoms with Gasteiger partial charge in [0.05, 0.1) is 0 Å². The summed E-state index contributed by atoms with van der Waals surface area (Å²) in [4.78, 5) is 0. The molecule has 1 nitrogen and oxygen atoms in total. The van der Waals surface area contributed by atoms with E-state index in [0.29, 0.717) is 12.1 Å². The van der Waals surface area contributed by atoms with Gasteiger partial charge in [0, 0.05) is 12.6 Å². The third kappa shape index (κ3) is 2.24. The Morgan fingerprint density at radius 3 is 3.00 bits per heavy atom. The van der Waals surface area contributed by atoms with Gasteiger partial charge in [-0.1, -0.05) is 25.8 Å². The van der Waals surface area contributed by atoms with Gasteiger partial charge in [-0.25, -0.2) is 8.78 Å². The molecular weight excluding hydrogens is 208 g/mol. The van der Waals surface area contributed by atoms with Crippen molar-refractivity contribution < 1.29 is 8.78 Å². The SMILES string of the molecule is CCCC[C@H]1NCc2cc(F)ccc2[C@H]1F. The van der Waals surface area contributed by atoms with Gasteiger partial charge in [-0.05, 0) is 29.7 Å². The van der Waals surface area contributed by atoms with E-state index in [2.05, 4.69) is 12.2 Å². The van der Waals surface area contributed by atoms with E-state index in [1.54, 1.807) is 6.07 Å². The maximum atomic E-state index is 14.1. The molecule has 0 radical (unpaired) electrons. The van der Waals surface area contributed by atoms with Crippen molar-refractivity contribution in [2.75, 3.05) is 0 Å². The minimum Gasteiger partial charge on any atom is -0.307 e. The zero-order valence-corrected chi connectivity index (χ0v) is 9.47. The molecule has 0 spiro atoms. The van der Waals surface area contributed by atoms with Crippen LogP contribution in [0.15, 0.2) is 18.2 Å². The van der Waals surface area contributed by atoms with Crippen LogP contribution in [-0.2, 0) is 6.54 Å². The van der Waals surface area contributed by atoms with Crippen molar-refractivity contribution in [3.8, 4) is 0 Å². The van der Waals surface area contributed by atoms with E-state index < -0.39 is 6.17 Å². The van der Waals surface area contributed by atoms with Gasteiger partial charge in [0.2, 0.25) is 0 Å². The lowest BCUT2D eigenvalue weighted by molar-refractivity contribution is 0.222. The molecule has 1 aliphatic heterocycles. The highest BCUT2D eigenvalue weighted by Gasteiger charge is 2.28. The lowest BCUT2D eigenvalue weighted by Crippen LogP contribution is -2.37. The molecule has 2 rings (SSSR count). The third-order valence-corrected chi connectivity index (χ3v) is 3.18. The molecule has 0 fully saturated rings. The zero-order chi connectivity index (χ0) is 11.5. The molecule has 3 heteroatoms. The van der Waals surface area contributed by atoms with Crippen molar-refractivity contribution in [1.29, 1.82) is 0 Å². The van der Waals surface area contributed by atoms with Gasteiger partial charge < -0.3 is 5.32 Å². The van der Waals surface area contributed by atoms with E-state index in [0.717, 1.165) is 24.8 Å². The third-order valence-electron chi connectivity index (χ3n) is 3.18. The van der Waals surface area contributed by atoms with Crippen LogP contribution < -0.4 is 5.32 Å². The molecule has 1 aliphatic rings. The average molecular weight is 225 g/mol. The first-order chi connectivity index (χ1) is 7.72. The summed E-state index contributed by atoms with van der Waals surface area (Å²) >= 11 is 0. The quantitative estimate of drug-likeness (QED) is 0.830. The normalized spacial score (nSPS) is 24.2. The lowest BCUT2D eigenvalue weighted by atomic mass is 9.91. The fraction of sp³-hybridized carbons (Fsp3) is 0.538. The van der Waals surface area contributed by atoms with Crippen LogP contribution in [0.1, 0.15) is 43.5 Å². The molecule has 16 heavy (non-hydrogen) atoms. The highest BCUT2D eigenvalue weighted by atomic mass is 19.1. The van der Waals surface area contributed by atoms with Crippen molar-refractivity contribution in [2.24, 2.45) is 0 Å². The molecule has 1 N–H and O–H groups in total. The number of nitrogens with one attached hydrogen (secondary N) is 1. The maximum Gasteiger partial charge on any atom is 0.141 e. The molecule has 0 amide bonds. The highest BCUT2D eigenvalue weighted by molar-refractivity contribution is 5.32. The van der Waals surface area contributed by atoms with E-state index in [-0.39, 0.29) is 11.9 Å². The van der Waals surface area contributed by atoms with Gasteiger partial charge in [-0.3, -0.25) is 0 Å². The molecule has 2 atom stereocenters. The monoisotopic (exact) mass is 225 g/mol. The zero-order valence-electron chi connectivity index (χ0n) is 9.47. The predicted octanol–water partition coefficient (Wildman–Crippen LogP) is 3.50. The van der Waals surface area contributed by atoms with Crippen molar-refractivity contribution >= 4 is 0 Å². The Morgan fingerprint density at radius 2 is 2.25 bits per heavy atom. The van der Waals surface area contributed by atoms with E-state index >= 15 is 0 Å². The standard InChI is InChI=1S/C13H17F2N/c1-2-3-4-12-13(15)11-6-5-10(14)7-9(11)8-16-12/h5-7,12-13,16H,2-4,8H2,1H3/t12-,13-/m1/s1. The number of benzene rings is 1. The molecule has 88 valence electrons. The molecule has 1 aromatic rings. The summed E-state index contributed by atoms with van der Waals surface area (Å²) in [5.74, 6) is -0.292. The van der Waals surface area contributed by atoms with Gasteiger partial charge in [0.1, 0.15) is 12.0 Å². The Balaban J connectivity index is 2.15. The van der Waals surface area contributed by atoms with Crippen molar-refractivity contribution in [3.63, 3.8) is 0 Å². The summed E-state index contributed by atoms with van der Waals surface area (Å²) in [7, 11) is 0. The molecule has 0 aliphatic carbocycles. The van der Waals surface area contributed by atoms with Gasteiger partial charge in [0.25, 0.3) is 0 Å². The van der Waals surface area contributed by atoms with Gasteiger partial charge in [-0.2, -0.15) is 0 Å². The van der Waals surface area contributed by atoms with Crippen LogP contribution in [0.2, 0.25) is 0 Å². The molecule has 0 saturated heterocycles. The van der Waals surface area contributed by atoms with Crippen molar-refractivity contribution in [3.05, 3.63) is 35.1 Å². The Hall–Kier alpha value is -0.960. The van der Waals surface area contributed by atoms with Crippen LogP contribution in [0.25, 0.3) is 0 Å². The Morgan fingerprint density at radius 1 is 1.44 bits per heavy atom. The first-order valence-electron chi connectivity index (χ1n) is 5.88.